The van der Waals surface area contributed by atoms with Crippen molar-refractivity contribution in [2.24, 2.45) is 7.05 Å². The van der Waals surface area contributed by atoms with Crippen molar-refractivity contribution in [2.75, 3.05) is 12.4 Å². The Morgan fingerprint density at radius 3 is 2.62 bits per heavy atom. The van der Waals surface area contributed by atoms with Crippen molar-refractivity contribution in [3.63, 3.8) is 0 Å². The van der Waals surface area contributed by atoms with Crippen molar-refractivity contribution >= 4 is 34.2 Å². The molecule has 4 rings (SSSR count). The number of methoxy groups -OCH3 is 1. The van der Waals surface area contributed by atoms with Crippen LogP contribution in [0.2, 0.25) is 5.02 Å². The van der Waals surface area contributed by atoms with Gasteiger partial charge in [-0.2, -0.15) is 10.1 Å². The van der Waals surface area contributed by atoms with E-state index in [1.807, 2.05) is 50.4 Å². The SMILES string of the molecule is COc1ccc(Cl)cc1NC(=O)C(C)Oc1cc(-c2ccccc2)c2c(C)nn(C)c2n1. The van der Waals surface area contributed by atoms with Gasteiger partial charge in [-0.25, -0.2) is 0 Å². The van der Waals surface area contributed by atoms with Gasteiger partial charge >= 0.3 is 0 Å². The minimum atomic E-state index is -0.818. The second kappa shape index (κ2) is 8.88. The number of hydrogen-bond donors (Lipinski definition) is 1. The largest absolute Gasteiger partial charge is 0.495 e. The number of aryl methyl sites for hydroxylation is 2. The third-order valence-electron chi connectivity index (χ3n) is 5.12. The summed E-state index contributed by atoms with van der Waals surface area (Å²) in [7, 11) is 3.36. The molecule has 2 aromatic carbocycles. The zero-order valence-corrected chi connectivity index (χ0v) is 19.0. The molecular formula is C24H23ClN4O3. The number of benzene rings is 2. The average Bonchev–Trinajstić information content (AvgIpc) is 3.07. The second-order valence-corrected chi connectivity index (χ2v) is 7.81. The topological polar surface area (TPSA) is 78.3 Å². The summed E-state index contributed by atoms with van der Waals surface area (Å²) in [4.78, 5) is 17.4. The number of hydrogen-bond acceptors (Lipinski definition) is 5. The van der Waals surface area contributed by atoms with Crippen molar-refractivity contribution < 1.29 is 14.3 Å². The summed E-state index contributed by atoms with van der Waals surface area (Å²) in [6.07, 6.45) is -0.818. The predicted octanol–water partition coefficient (Wildman–Crippen LogP) is 5.01. The van der Waals surface area contributed by atoms with Crippen LogP contribution >= 0.6 is 11.6 Å². The molecule has 32 heavy (non-hydrogen) atoms. The molecule has 164 valence electrons. The number of anilines is 1. The Morgan fingerprint density at radius 2 is 1.91 bits per heavy atom. The molecule has 0 aliphatic heterocycles. The van der Waals surface area contributed by atoms with Crippen LogP contribution in [0.3, 0.4) is 0 Å². The standard InChI is InChI=1S/C24H23ClN4O3/c1-14-22-18(16-8-6-5-7-9-16)13-21(27-23(22)29(3)28-14)32-15(2)24(30)26-19-12-17(25)10-11-20(19)31-4/h5-13,15H,1-4H3,(H,26,30). The molecule has 1 unspecified atom stereocenters. The number of carbonyl (C=O) groups excluding carboxylic acids is 1. The van der Waals surface area contributed by atoms with E-state index in [0.717, 1.165) is 22.2 Å². The smallest absolute Gasteiger partial charge is 0.265 e. The monoisotopic (exact) mass is 450 g/mol. The molecular weight excluding hydrogens is 428 g/mol. The lowest BCUT2D eigenvalue weighted by Gasteiger charge is -2.17. The highest BCUT2D eigenvalue weighted by Gasteiger charge is 2.20. The summed E-state index contributed by atoms with van der Waals surface area (Å²) in [6, 6.07) is 16.8. The Bertz CT molecular complexity index is 1290. The van der Waals surface area contributed by atoms with Crippen LogP contribution in [0.1, 0.15) is 12.6 Å². The number of nitrogens with one attached hydrogen (secondary N) is 1. The first-order chi connectivity index (χ1) is 15.4. The molecule has 0 aliphatic rings. The van der Waals surface area contributed by atoms with E-state index < -0.39 is 6.10 Å². The zero-order chi connectivity index (χ0) is 22.8. The van der Waals surface area contributed by atoms with Gasteiger partial charge in [-0.1, -0.05) is 41.9 Å². The molecule has 4 aromatic rings. The maximum atomic E-state index is 12.8. The molecule has 0 radical (unpaired) electrons. The third kappa shape index (κ3) is 4.24. The number of aromatic nitrogens is 3. The fourth-order valence-corrected chi connectivity index (χ4v) is 3.75. The molecule has 0 saturated heterocycles. The molecule has 7 nitrogen and oxygen atoms in total. The fraction of sp³-hybridized carbons (Fsp3) is 0.208. The van der Waals surface area contributed by atoms with Crippen molar-refractivity contribution in [3.8, 4) is 22.8 Å². The van der Waals surface area contributed by atoms with Gasteiger partial charge in [-0.05, 0) is 43.2 Å². The Kier molecular flexibility index (Phi) is 6.01. The first kappa shape index (κ1) is 21.6. The zero-order valence-electron chi connectivity index (χ0n) is 18.2. The minimum absolute atomic E-state index is 0.333. The molecule has 0 aliphatic carbocycles. The van der Waals surface area contributed by atoms with Gasteiger partial charge in [0.1, 0.15) is 5.75 Å². The molecule has 8 heteroatoms. The molecule has 0 bridgehead atoms. The first-order valence-electron chi connectivity index (χ1n) is 10.1. The number of amides is 1. The van der Waals surface area contributed by atoms with E-state index in [1.165, 1.54) is 7.11 Å². The van der Waals surface area contributed by atoms with Gasteiger partial charge in [-0.15, -0.1) is 0 Å². The predicted molar refractivity (Wildman–Crippen MR) is 125 cm³/mol. The number of pyridine rings is 1. The lowest BCUT2D eigenvalue weighted by atomic mass is 10.0. The van der Waals surface area contributed by atoms with Crippen molar-refractivity contribution in [1.29, 1.82) is 0 Å². The van der Waals surface area contributed by atoms with Crippen LogP contribution in [-0.2, 0) is 11.8 Å². The summed E-state index contributed by atoms with van der Waals surface area (Å²) in [5.74, 6) is 0.487. The number of halogens is 1. The molecule has 1 N–H and O–H groups in total. The van der Waals surface area contributed by atoms with Gasteiger partial charge in [0.25, 0.3) is 5.91 Å². The molecule has 1 amide bonds. The molecule has 1 atom stereocenters. The van der Waals surface area contributed by atoms with E-state index in [-0.39, 0.29) is 5.91 Å². The maximum absolute atomic E-state index is 12.8. The summed E-state index contributed by atoms with van der Waals surface area (Å²) < 4.78 is 13.0. The maximum Gasteiger partial charge on any atom is 0.265 e. The highest BCUT2D eigenvalue weighted by molar-refractivity contribution is 6.31. The lowest BCUT2D eigenvalue weighted by molar-refractivity contribution is -0.122. The summed E-state index contributed by atoms with van der Waals surface area (Å²) in [6.45, 7) is 3.61. The fourth-order valence-electron chi connectivity index (χ4n) is 3.57. The van der Waals surface area contributed by atoms with E-state index in [1.54, 1.807) is 29.8 Å². The second-order valence-electron chi connectivity index (χ2n) is 7.38. The number of rotatable bonds is 6. The highest BCUT2D eigenvalue weighted by Crippen LogP contribution is 2.33. The van der Waals surface area contributed by atoms with Crippen LogP contribution in [0.25, 0.3) is 22.2 Å². The van der Waals surface area contributed by atoms with Gasteiger partial charge < -0.3 is 14.8 Å². The van der Waals surface area contributed by atoms with Crippen molar-refractivity contribution in [1.82, 2.24) is 14.8 Å². The molecule has 0 spiro atoms. The van der Waals surface area contributed by atoms with Gasteiger partial charge in [-0.3, -0.25) is 9.48 Å². The van der Waals surface area contributed by atoms with E-state index in [9.17, 15) is 4.79 Å². The van der Waals surface area contributed by atoms with Crippen LogP contribution < -0.4 is 14.8 Å². The average molecular weight is 451 g/mol. The van der Waals surface area contributed by atoms with Crippen LogP contribution in [0.15, 0.2) is 54.6 Å². The molecule has 0 fully saturated rings. The number of nitrogens with zero attached hydrogens (tertiary/aromatic N) is 3. The van der Waals surface area contributed by atoms with E-state index in [4.69, 9.17) is 21.1 Å². The lowest BCUT2D eigenvalue weighted by Crippen LogP contribution is -2.30. The Labute approximate surface area is 190 Å². The van der Waals surface area contributed by atoms with Crippen molar-refractivity contribution in [2.45, 2.75) is 20.0 Å². The Morgan fingerprint density at radius 1 is 1.16 bits per heavy atom. The van der Waals surface area contributed by atoms with Crippen LogP contribution in [0.5, 0.6) is 11.6 Å². The summed E-state index contributed by atoms with van der Waals surface area (Å²) >= 11 is 6.06. The first-order valence-corrected chi connectivity index (χ1v) is 10.5. The summed E-state index contributed by atoms with van der Waals surface area (Å²) in [5.41, 5.74) is 3.99. The number of fused-ring (bicyclic) bond motifs is 1. The van der Waals surface area contributed by atoms with Crippen LogP contribution in [-0.4, -0.2) is 33.9 Å². The molecule has 0 saturated carbocycles. The number of ether oxygens (including phenoxy) is 2. The quantitative estimate of drug-likeness (QED) is 0.446. The van der Waals surface area contributed by atoms with E-state index >= 15 is 0 Å². The molecule has 2 aromatic heterocycles. The third-order valence-corrected chi connectivity index (χ3v) is 5.35. The van der Waals surface area contributed by atoms with Gasteiger partial charge in [0, 0.05) is 18.1 Å². The van der Waals surface area contributed by atoms with Gasteiger partial charge in [0.05, 0.1) is 23.9 Å². The van der Waals surface area contributed by atoms with Crippen LogP contribution in [0.4, 0.5) is 5.69 Å². The Balaban J connectivity index is 1.65. The molecule has 2 heterocycles. The van der Waals surface area contributed by atoms with Crippen molar-refractivity contribution in [3.05, 3.63) is 65.3 Å². The summed E-state index contributed by atoms with van der Waals surface area (Å²) in [5, 5.41) is 8.75. The number of carbonyl (C=O) groups is 1. The van der Waals surface area contributed by atoms with Gasteiger partial charge in [0.2, 0.25) is 5.88 Å². The van der Waals surface area contributed by atoms with Crippen LogP contribution in [0, 0.1) is 6.92 Å². The Hall–Kier alpha value is -3.58. The normalized spacial score (nSPS) is 11.9. The van der Waals surface area contributed by atoms with E-state index in [2.05, 4.69) is 15.4 Å². The van der Waals surface area contributed by atoms with Gasteiger partial charge in [0.15, 0.2) is 11.8 Å². The van der Waals surface area contributed by atoms with E-state index in [0.29, 0.717) is 28.0 Å². The minimum Gasteiger partial charge on any atom is -0.495 e. The highest BCUT2D eigenvalue weighted by atomic mass is 35.5.